The van der Waals surface area contributed by atoms with Crippen LogP contribution in [0.3, 0.4) is 0 Å². The molecular formula is C38H41N7O4+2. The summed E-state index contributed by atoms with van der Waals surface area (Å²) >= 11 is 0. The minimum absolute atomic E-state index is 0.0955. The Labute approximate surface area is 284 Å². The molecule has 11 nitrogen and oxygen atoms in total. The van der Waals surface area contributed by atoms with Crippen molar-refractivity contribution in [3.8, 4) is 33.6 Å². The van der Waals surface area contributed by atoms with E-state index < -0.39 is 12.1 Å². The Bertz CT molecular complexity index is 1930. The molecule has 5 aromatic rings. The van der Waals surface area contributed by atoms with Crippen LogP contribution in [0.1, 0.15) is 67.9 Å². The van der Waals surface area contributed by atoms with Crippen LogP contribution in [0.15, 0.2) is 91.3 Å². The number of likely N-dealkylation sites (tertiary alicyclic amines) is 2. The van der Waals surface area contributed by atoms with Gasteiger partial charge in [0.25, 0.3) is 0 Å². The predicted octanol–water partition coefficient (Wildman–Crippen LogP) is 3.74. The summed E-state index contributed by atoms with van der Waals surface area (Å²) in [5.74, 6) is 1.68. The average molecular weight is 660 g/mol. The number of hydrogen-bond donors (Lipinski definition) is 5. The van der Waals surface area contributed by atoms with E-state index in [-0.39, 0.29) is 23.9 Å². The first kappa shape index (κ1) is 32.2. The summed E-state index contributed by atoms with van der Waals surface area (Å²) in [4.78, 5) is 56.1. The Balaban J connectivity index is 1.03. The molecule has 0 spiro atoms. The highest BCUT2D eigenvalue weighted by molar-refractivity contribution is 5.81. The first-order chi connectivity index (χ1) is 23.9. The number of ether oxygens (including phenoxy) is 1. The highest BCUT2D eigenvalue weighted by atomic mass is 16.5. The number of aromatic amines is 2. The van der Waals surface area contributed by atoms with Crippen molar-refractivity contribution >= 4 is 17.9 Å². The normalized spacial score (nSPS) is 20.9. The molecule has 2 aliphatic heterocycles. The van der Waals surface area contributed by atoms with Crippen LogP contribution in [0.4, 0.5) is 4.79 Å². The molecule has 0 aliphatic carbocycles. The third-order valence-corrected chi connectivity index (χ3v) is 9.91. The van der Waals surface area contributed by atoms with Crippen molar-refractivity contribution in [1.29, 1.82) is 0 Å². The zero-order valence-corrected chi connectivity index (χ0v) is 27.7. The maximum atomic E-state index is 13.9. The molecule has 0 radical (unpaired) electrons. The number of carbonyl (C=O) groups excluding carboxylic acids is 3. The summed E-state index contributed by atoms with van der Waals surface area (Å²) in [6, 6.07) is 25.1. The average Bonchev–Trinajstić information content (AvgIpc) is 3.97. The number of nitrogens with one attached hydrogen (secondary N) is 5. The standard InChI is InChI=1S/C38H39N7O4/c1-24(46)44-20-6-10-32(44)35-39-22-30(41-35)27-16-12-25(13-17-27)26-14-18-28(19-15-26)31-23-40-36(42-31)33-11-7-21-45(33)37(47)34(43-38(48)49-2)29-8-4-3-5-9-29/h3-5,8-9,12-19,22-23,32-34H,6-7,10-11,20-21H2,1-2H3,(H,39,41)(H,40,42)(H,43,48)/p+2/t32?,33?,34-/m1/s1. The molecule has 4 heterocycles. The second kappa shape index (κ2) is 14.0. The fourth-order valence-electron chi connectivity index (χ4n) is 7.32. The Morgan fingerprint density at radius 1 is 0.735 bits per heavy atom. The van der Waals surface area contributed by atoms with Crippen LogP contribution >= 0.6 is 0 Å². The van der Waals surface area contributed by atoms with Gasteiger partial charge in [0, 0.05) is 25.7 Å². The van der Waals surface area contributed by atoms with E-state index in [9.17, 15) is 14.4 Å². The van der Waals surface area contributed by atoms with Crippen molar-refractivity contribution in [3.63, 3.8) is 0 Å². The lowest BCUT2D eigenvalue weighted by atomic mass is 10.0. The number of aromatic nitrogens is 4. The van der Waals surface area contributed by atoms with Gasteiger partial charge in [-0.1, -0.05) is 78.9 Å². The van der Waals surface area contributed by atoms with Gasteiger partial charge in [0.2, 0.25) is 0 Å². The number of quaternary nitrogens is 2. The number of benzene rings is 3. The van der Waals surface area contributed by atoms with Gasteiger partial charge in [-0.15, -0.1) is 0 Å². The van der Waals surface area contributed by atoms with Crippen LogP contribution in [0.2, 0.25) is 0 Å². The first-order valence-corrected chi connectivity index (χ1v) is 16.9. The SMILES string of the molecule is COC(=O)N[C@@H](C(=O)[NH+]1CCCC1c1ncc(-c2ccc(-c3ccc(-c4cnc(C5CCC[NH+]5C(C)=O)[nH]4)cc3)cc2)[nH]1)c1ccccc1. The first-order valence-electron chi connectivity index (χ1n) is 16.9. The van der Waals surface area contributed by atoms with Crippen molar-refractivity contribution in [2.75, 3.05) is 20.2 Å². The molecule has 3 aromatic carbocycles. The van der Waals surface area contributed by atoms with Crippen LogP contribution in [-0.4, -0.2) is 58.0 Å². The number of methoxy groups -OCH3 is 1. The zero-order valence-electron chi connectivity index (χ0n) is 27.7. The van der Waals surface area contributed by atoms with E-state index in [0.717, 1.165) is 87.3 Å². The maximum absolute atomic E-state index is 13.9. The smallest absolute Gasteiger partial charge is 0.407 e. The number of H-pyrrole nitrogens is 2. The molecule has 0 saturated carbocycles. The van der Waals surface area contributed by atoms with Gasteiger partial charge in [0.15, 0.2) is 29.8 Å². The predicted molar refractivity (Wildman–Crippen MR) is 183 cm³/mol. The van der Waals surface area contributed by atoms with Crippen molar-refractivity contribution < 1.29 is 28.9 Å². The Kier molecular flexibility index (Phi) is 9.19. The summed E-state index contributed by atoms with van der Waals surface area (Å²) in [5, 5.41) is 2.73. The van der Waals surface area contributed by atoms with Crippen LogP contribution in [-0.2, 0) is 14.3 Å². The van der Waals surface area contributed by atoms with E-state index in [0.29, 0.717) is 12.1 Å². The van der Waals surface area contributed by atoms with Gasteiger partial charge in [0.05, 0.1) is 50.9 Å². The van der Waals surface area contributed by atoms with Crippen molar-refractivity contribution in [2.24, 2.45) is 0 Å². The lowest BCUT2D eigenvalue weighted by molar-refractivity contribution is -0.841. The highest BCUT2D eigenvalue weighted by Crippen LogP contribution is 2.29. The quantitative estimate of drug-likeness (QED) is 0.172. The monoisotopic (exact) mass is 659 g/mol. The van der Waals surface area contributed by atoms with Crippen LogP contribution < -0.4 is 15.1 Å². The summed E-state index contributed by atoms with van der Waals surface area (Å²) < 4.78 is 4.82. The minimum Gasteiger partial charge on any atom is -0.453 e. The van der Waals surface area contributed by atoms with Gasteiger partial charge in [-0.3, -0.25) is 9.80 Å². The Morgan fingerprint density at radius 2 is 1.22 bits per heavy atom. The summed E-state index contributed by atoms with van der Waals surface area (Å²) in [6.07, 6.45) is 6.70. The van der Waals surface area contributed by atoms with Crippen molar-refractivity contribution in [2.45, 2.75) is 50.7 Å². The summed E-state index contributed by atoms with van der Waals surface area (Å²) in [6.45, 7) is 3.17. The number of hydrogen-bond acceptors (Lipinski definition) is 6. The number of alkyl carbamates (subject to hydrolysis) is 1. The lowest BCUT2D eigenvalue weighted by Crippen LogP contribution is -3.14. The van der Waals surface area contributed by atoms with Crippen LogP contribution in [0, 0.1) is 0 Å². The van der Waals surface area contributed by atoms with Crippen molar-refractivity contribution in [3.05, 3.63) is 108 Å². The molecule has 5 atom stereocenters. The molecule has 0 bridgehead atoms. The summed E-state index contributed by atoms with van der Waals surface area (Å²) in [7, 11) is 1.29. The molecule has 2 aliphatic rings. The molecule has 7 rings (SSSR count). The van der Waals surface area contributed by atoms with E-state index in [1.165, 1.54) is 7.11 Å². The van der Waals surface area contributed by atoms with Gasteiger partial charge in [0.1, 0.15) is 0 Å². The molecule has 3 amide bonds. The van der Waals surface area contributed by atoms with Crippen LogP contribution in [0.5, 0.6) is 0 Å². The number of carbonyl (C=O) groups is 3. The third-order valence-electron chi connectivity index (χ3n) is 9.91. The zero-order chi connectivity index (χ0) is 33.9. The minimum atomic E-state index is -0.825. The topological polar surface area (TPSA) is 139 Å². The molecule has 250 valence electrons. The lowest BCUT2D eigenvalue weighted by Gasteiger charge is -2.23. The van der Waals surface area contributed by atoms with E-state index in [1.54, 1.807) is 6.92 Å². The fraction of sp³-hybridized carbons (Fsp3) is 0.289. The highest BCUT2D eigenvalue weighted by Gasteiger charge is 2.42. The van der Waals surface area contributed by atoms with Gasteiger partial charge in [-0.2, -0.15) is 0 Å². The molecule has 4 unspecified atom stereocenters. The second-order valence-corrected chi connectivity index (χ2v) is 12.9. The number of rotatable bonds is 8. The molecule has 5 N–H and O–H groups in total. The molecular weight excluding hydrogens is 618 g/mol. The van der Waals surface area contributed by atoms with Crippen LogP contribution in [0.25, 0.3) is 33.6 Å². The van der Waals surface area contributed by atoms with E-state index >= 15 is 0 Å². The van der Waals surface area contributed by atoms with E-state index in [4.69, 9.17) is 9.72 Å². The number of imidazole rings is 2. The third kappa shape index (κ3) is 6.67. The number of amides is 3. The van der Waals surface area contributed by atoms with E-state index in [1.807, 2.05) is 42.7 Å². The van der Waals surface area contributed by atoms with Gasteiger partial charge in [-0.25, -0.2) is 24.4 Å². The van der Waals surface area contributed by atoms with E-state index in [2.05, 4.69) is 68.8 Å². The van der Waals surface area contributed by atoms with Gasteiger partial charge in [-0.05, 0) is 27.8 Å². The van der Waals surface area contributed by atoms with Gasteiger partial charge >= 0.3 is 17.9 Å². The molecule has 11 heteroatoms. The summed E-state index contributed by atoms with van der Waals surface area (Å²) in [5.41, 5.74) is 6.77. The number of nitrogens with zero attached hydrogens (tertiary/aromatic N) is 2. The van der Waals surface area contributed by atoms with Crippen molar-refractivity contribution in [1.82, 2.24) is 25.3 Å². The largest absolute Gasteiger partial charge is 0.453 e. The Hall–Kier alpha value is -5.39. The Morgan fingerprint density at radius 3 is 1.73 bits per heavy atom. The van der Waals surface area contributed by atoms with Gasteiger partial charge < -0.3 is 20.0 Å². The fourth-order valence-corrected chi connectivity index (χ4v) is 7.32. The maximum Gasteiger partial charge on any atom is 0.407 e. The second-order valence-electron chi connectivity index (χ2n) is 12.9. The molecule has 2 aromatic heterocycles. The molecule has 2 fully saturated rings. The molecule has 2 saturated heterocycles. The molecule has 49 heavy (non-hydrogen) atoms.